The second-order valence-corrected chi connectivity index (χ2v) is 10.5. The molecule has 31 heavy (non-hydrogen) atoms. The first kappa shape index (κ1) is 21.9. The molecule has 0 spiro atoms. The van der Waals surface area contributed by atoms with E-state index in [1.54, 1.807) is 21.0 Å². The number of benzene rings is 2. The molecule has 2 aromatic carbocycles. The van der Waals surface area contributed by atoms with Crippen molar-refractivity contribution in [3.8, 4) is 16.9 Å². The minimum atomic E-state index is -0.908. The molecular weight excluding hydrogens is 386 g/mol. The molecule has 1 N–H and O–H groups in total. The van der Waals surface area contributed by atoms with E-state index >= 15 is 0 Å². The van der Waals surface area contributed by atoms with Crippen LogP contribution in [-0.2, 0) is 15.6 Å². The lowest BCUT2D eigenvalue weighted by Gasteiger charge is -2.42. The highest BCUT2D eigenvalue weighted by molar-refractivity contribution is 5.80. The Labute approximate surface area is 186 Å². The van der Waals surface area contributed by atoms with Crippen LogP contribution >= 0.6 is 0 Å². The van der Waals surface area contributed by atoms with Gasteiger partial charge in [-0.15, -0.1) is 0 Å². The van der Waals surface area contributed by atoms with Gasteiger partial charge in [0.1, 0.15) is 5.75 Å². The van der Waals surface area contributed by atoms with Crippen LogP contribution in [0, 0.1) is 0 Å². The van der Waals surface area contributed by atoms with Gasteiger partial charge in [-0.3, -0.25) is 9.69 Å². The van der Waals surface area contributed by atoms with Gasteiger partial charge in [-0.05, 0) is 80.3 Å². The number of nitrogens with zero attached hydrogens (tertiary/aromatic N) is 1. The lowest BCUT2D eigenvalue weighted by molar-refractivity contribution is -0.142. The van der Waals surface area contributed by atoms with Crippen molar-refractivity contribution in [2.75, 3.05) is 14.2 Å². The third-order valence-electron chi connectivity index (χ3n) is 7.56. The summed E-state index contributed by atoms with van der Waals surface area (Å²) >= 11 is 0. The second kappa shape index (κ2) is 7.67. The van der Waals surface area contributed by atoms with E-state index in [0.717, 1.165) is 35.3 Å². The number of aliphatic carboxylic acids is 1. The molecule has 0 heterocycles. The lowest BCUT2D eigenvalue weighted by atomic mass is 9.69. The van der Waals surface area contributed by atoms with Gasteiger partial charge in [-0.2, -0.15) is 0 Å². The van der Waals surface area contributed by atoms with Gasteiger partial charge in [0.15, 0.2) is 0 Å². The summed E-state index contributed by atoms with van der Waals surface area (Å²) in [6.07, 6.45) is 4.90. The standard InChI is InChI=1S/C27H35NO3/c1-26(2)14-13-22(28(5)20-11-12-20)24-21(26)15-18(16-23(24)31-6)17-7-9-19(10-8-17)27(3,4)25(29)30/h7-10,15-16,20,22H,11-14H2,1-6H3,(H,29,30). The fraction of sp³-hybridized carbons (Fsp3) is 0.519. The molecule has 0 amide bonds. The molecular formula is C27H35NO3. The molecule has 1 unspecified atom stereocenters. The predicted octanol–water partition coefficient (Wildman–Crippen LogP) is 5.93. The lowest BCUT2D eigenvalue weighted by Crippen LogP contribution is -2.35. The van der Waals surface area contributed by atoms with Gasteiger partial charge in [0.05, 0.1) is 12.5 Å². The zero-order valence-corrected chi connectivity index (χ0v) is 19.7. The van der Waals surface area contributed by atoms with Crippen LogP contribution in [0.3, 0.4) is 0 Å². The Bertz CT molecular complexity index is 986. The largest absolute Gasteiger partial charge is 0.496 e. The van der Waals surface area contributed by atoms with E-state index < -0.39 is 11.4 Å². The average Bonchev–Trinajstić information content (AvgIpc) is 3.58. The van der Waals surface area contributed by atoms with Crippen LogP contribution in [-0.4, -0.2) is 36.2 Å². The molecule has 2 aromatic rings. The highest BCUT2D eigenvalue weighted by atomic mass is 16.5. The second-order valence-electron chi connectivity index (χ2n) is 10.5. The molecule has 4 rings (SSSR count). The van der Waals surface area contributed by atoms with Gasteiger partial charge >= 0.3 is 5.97 Å². The molecule has 1 atom stereocenters. The topological polar surface area (TPSA) is 49.8 Å². The quantitative estimate of drug-likeness (QED) is 0.628. The van der Waals surface area contributed by atoms with E-state index in [2.05, 4.69) is 37.9 Å². The number of rotatable bonds is 6. The van der Waals surface area contributed by atoms with Gasteiger partial charge in [-0.1, -0.05) is 44.2 Å². The van der Waals surface area contributed by atoms with Crippen LogP contribution in [0.15, 0.2) is 36.4 Å². The van der Waals surface area contributed by atoms with Crippen LogP contribution in [0.1, 0.15) is 76.1 Å². The van der Waals surface area contributed by atoms with E-state index in [9.17, 15) is 9.90 Å². The first-order valence-corrected chi connectivity index (χ1v) is 11.3. The summed E-state index contributed by atoms with van der Waals surface area (Å²) < 4.78 is 5.95. The van der Waals surface area contributed by atoms with Crippen molar-refractivity contribution in [1.82, 2.24) is 4.90 Å². The summed E-state index contributed by atoms with van der Waals surface area (Å²) in [6.45, 7) is 8.15. The Balaban J connectivity index is 1.78. The summed E-state index contributed by atoms with van der Waals surface area (Å²) in [4.78, 5) is 14.2. The number of hydrogen-bond donors (Lipinski definition) is 1. The minimum Gasteiger partial charge on any atom is -0.496 e. The number of methoxy groups -OCH3 is 1. The molecule has 1 fully saturated rings. The van der Waals surface area contributed by atoms with Crippen LogP contribution in [0.2, 0.25) is 0 Å². The maximum atomic E-state index is 11.6. The average molecular weight is 422 g/mol. The summed E-state index contributed by atoms with van der Waals surface area (Å²) in [5.74, 6) is 0.149. The fourth-order valence-electron chi connectivity index (χ4n) is 4.99. The molecule has 0 radical (unpaired) electrons. The SMILES string of the molecule is COc1cc(-c2ccc(C(C)(C)C(=O)O)cc2)cc2c1C(N(C)C1CC1)CCC2(C)C. The summed E-state index contributed by atoms with van der Waals surface area (Å²) in [5.41, 5.74) is 4.91. The van der Waals surface area contributed by atoms with Gasteiger partial charge in [0.25, 0.3) is 0 Å². The van der Waals surface area contributed by atoms with Gasteiger partial charge in [-0.25, -0.2) is 0 Å². The maximum absolute atomic E-state index is 11.6. The summed E-state index contributed by atoms with van der Waals surface area (Å²) in [5, 5.41) is 9.53. The van der Waals surface area contributed by atoms with Crippen molar-refractivity contribution < 1.29 is 14.6 Å². The molecule has 1 saturated carbocycles. The van der Waals surface area contributed by atoms with E-state index in [-0.39, 0.29) is 5.41 Å². The molecule has 2 aliphatic carbocycles. The van der Waals surface area contributed by atoms with E-state index in [0.29, 0.717) is 12.1 Å². The Hall–Kier alpha value is -2.33. The van der Waals surface area contributed by atoms with Crippen LogP contribution in [0.4, 0.5) is 0 Å². The van der Waals surface area contributed by atoms with E-state index in [1.807, 2.05) is 24.3 Å². The van der Waals surface area contributed by atoms with E-state index in [1.165, 1.54) is 24.0 Å². The monoisotopic (exact) mass is 421 g/mol. The zero-order valence-electron chi connectivity index (χ0n) is 19.7. The van der Waals surface area contributed by atoms with Crippen LogP contribution in [0.5, 0.6) is 5.75 Å². The van der Waals surface area contributed by atoms with Crippen molar-refractivity contribution >= 4 is 5.97 Å². The molecule has 0 saturated heterocycles. The normalized spacial score (nSPS) is 20.4. The van der Waals surface area contributed by atoms with Crippen LogP contribution in [0.25, 0.3) is 11.1 Å². The molecule has 0 bridgehead atoms. The Morgan fingerprint density at radius 1 is 1.10 bits per heavy atom. The minimum absolute atomic E-state index is 0.0880. The fourth-order valence-corrected chi connectivity index (χ4v) is 4.99. The highest BCUT2D eigenvalue weighted by Crippen LogP contribution is 2.50. The first-order chi connectivity index (χ1) is 14.6. The number of hydrogen-bond acceptors (Lipinski definition) is 3. The van der Waals surface area contributed by atoms with Crippen molar-refractivity contribution in [1.29, 1.82) is 0 Å². The van der Waals surface area contributed by atoms with Gasteiger partial charge in [0.2, 0.25) is 0 Å². The maximum Gasteiger partial charge on any atom is 0.313 e. The molecule has 4 nitrogen and oxygen atoms in total. The zero-order chi connectivity index (χ0) is 22.6. The first-order valence-electron chi connectivity index (χ1n) is 11.3. The van der Waals surface area contributed by atoms with Crippen molar-refractivity contribution in [2.24, 2.45) is 0 Å². The third-order valence-corrected chi connectivity index (χ3v) is 7.56. The molecule has 4 heteroatoms. The molecule has 0 aromatic heterocycles. The number of carboxylic acid groups (broad SMARTS) is 1. The van der Waals surface area contributed by atoms with E-state index in [4.69, 9.17) is 4.74 Å². The number of carboxylic acids is 1. The smallest absolute Gasteiger partial charge is 0.313 e. The molecule has 2 aliphatic rings. The Kier molecular flexibility index (Phi) is 5.41. The number of ether oxygens (including phenoxy) is 1. The molecule has 166 valence electrons. The number of carbonyl (C=O) groups is 1. The van der Waals surface area contributed by atoms with Crippen molar-refractivity contribution in [2.45, 2.75) is 76.3 Å². The van der Waals surface area contributed by atoms with Crippen molar-refractivity contribution in [3.63, 3.8) is 0 Å². The van der Waals surface area contributed by atoms with Gasteiger partial charge < -0.3 is 9.84 Å². The predicted molar refractivity (Wildman–Crippen MR) is 125 cm³/mol. The summed E-state index contributed by atoms with van der Waals surface area (Å²) in [6, 6.07) is 13.5. The number of fused-ring (bicyclic) bond motifs is 1. The molecule has 0 aliphatic heterocycles. The summed E-state index contributed by atoms with van der Waals surface area (Å²) in [7, 11) is 4.04. The third kappa shape index (κ3) is 3.87. The van der Waals surface area contributed by atoms with Crippen LogP contribution < -0.4 is 4.74 Å². The Morgan fingerprint density at radius 2 is 1.74 bits per heavy atom. The highest BCUT2D eigenvalue weighted by Gasteiger charge is 2.40. The van der Waals surface area contributed by atoms with Crippen molar-refractivity contribution in [3.05, 3.63) is 53.1 Å². The van der Waals surface area contributed by atoms with Gasteiger partial charge in [0, 0.05) is 17.6 Å². The Morgan fingerprint density at radius 3 is 2.29 bits per heavy atom.